The SMILES string of the molecule is CN(C)c1nc(NN)nc(NCCSCCCO)n1. The molecule has 0 aliphatic heterocycles. The Balaban J connectivity index is 2.46. The van der Waals surface area contributed by atoms with E-state index in [-0.39, 0.29) is 6.61 Å². The first-order chi connectivity index (χ1) is 9.17. The summed E-state index contributed by atoms with van der Waals surface area (Å²) in [6, 6.07) is 0. The zero-order valence-electron chi connectivity index (χ0n) is 11.3. The molecule has 0 spiro atoms. The molecule has 0 radical (unpaired) electrons. The Morgan fingerprint density at radius 2 is 1.95 bits per heavy atom. The van der Waals surface area contributed by atoms with Crippen LogP contribution in [0.5, 0.6) is 0 Å². The molecule has 1 aromatic rings. The lowest BCUT2D eigenvalue weighted by Gasteiger charge is -2.13. The van der Waals surface area contributed by atoms with Crippen LogP contribution >= 0.6 is 11.8 Å². The molecule has 108 valence electrons. The van der Waals surface area contributed by atoms with Gasteiger partial charge in [0.2, 0.25) is 17.8 Å². The molecule has 19 heavy (non-hydrogen) atoms. The lowest BCUT2D eigenvalue weighted by Crippen LogP contribution is -2.19. The molecule has 1 rings (SSSR count). The summed E-state index contributed by atoms with van der Waals surface area (Å²) < 4.78 is 0. The second kappa shape index (κ2) is 8.73. The minimum atomic E-state index is 0.242. The number of anilines is 3. The molecule has 0 saturated heterocycles. The standard InChI is InChI=1S/C10H21N7OS/c1-17(2)10-14-8(13-9(15-10)16-11)12-4-7-19-6-3-5-18/h18H,3-7,11H2,1-2H3,(H2,12,13,14,15,16). The first kappa shape index (κ1) is 15.7. The van der Waals surface area contributed by atoms with E-state index in [1.807, 2.05) is 14.1 Å². The van der Waals surface area contributed by atoms with Crippen molar-refractivity contribution in [1.29, 1.82) is 0 Å². The third-order valence-electron chi connectivity index (χ3n) is 2.13. The molecule has 0 aromatic carbocycles. The van der Waals surface area contributed by atoms with Crippen molar-refractivity contribution in [2.75, 3.05) is 54.4 Å². The maximum absolute atomic E-state index is 8.66. The van der Waals surface area contributed by atoms with Gasteiger partial charge in [-0.1, -0.05) is 0 Å². The van der Waals surface area contributed by atoms with Gasteiger partial charge in [0.15, 0.2) is 0 Å². The quantitative estimate of drug-likeness (QED) is 0.277. The first-order valence-electron chi connectivity index (χ1n) is 6.00. The minimum Gasteiger partial charge on any atom is -0.396 e. The van der Waals surface area contributed by atoms with E-state index in [9.17, 15) is 0 Å². The van der Waals surface area contributed by atoms with Gasteiger partial charge in [0, 0.05) is 33.0 Å². The number of hydrazine groups is 1. The predicted molar refractivity (Wildman–Crippen MR) is 79.5 cm³/mol. The maximum Gasteiger partial charge on any atom is 0.243 e. The molecule has 0 unspecified atom stereocenters. The molecule has 0 aliphatic carbocycles. The number of aliphatic hydroxyl groups is 1. The smallest absolute Gasteiger partial charge is 0.243 e. The zero-order valence-corrected chi connectivity index (χ0v) is 12.1. The number of nitrogens with one attached hydrogen (secondary N) is 2. The van der Waals surface area contributed by atoms with Gasteiger partial charge in [-0.3, -0.25) is 5.43 Å². The number of nitrogens with two attached hydrogens (primary N) is 1. The number of aliphatic hydroxyl groups excluding tert-OH is 1. The van der Waals surface area contributed by atoms with Gasteiger partial charge in [-0.25, -0.2) is 5.84 Å². The molecule has 8 nitrogen and oxygen atoms in total. The van der Waals surface area contributed by atoms with Gasteiger partial charge in [-0.15, -0.1) is 0 Å². The van der Waals surface area contributed by atoms with Crippen molar-refractivity contribution < 1.29 is 5.11 Å². The molecule has 0 saturated carbocycles. The maximum atomic E-state index is 8.66. The van der Waals surface area contributed by atoms with Crippen LogP contribution in [0, 0.1) is 0 Å². The van der Waals surface area contributed by atoms with Crippen molar-refractivity contribution in [2.45, 2.75) is 6.42 Å². The number of nitrogen functional groups attached to an aromatic ring is 1. The number of nitrogens with zero attached hydrogens (tertiary/aromatic N) is 4. The lowest BCUT2D eigenvalue weighted by atomic mass is 10.5. The Kier molecular flexibility index (Phi) is 7.23. The highest BCUT2D eigenvalue weighted by Gasteiger charge is 2.06. The van der Waals surface area contributed by atoms with E-state index in [0.29, 0.717) is 17.8 Å². The van der Waals surface area contributed by atoms with E-state index in [1.54, 1.807) is 16.7 Å². The number of rotatable bonds is 9. The Morgan fingerprint density at radius 3 is 2.58 bits per heavy atom. The Morgan fingerprint density at radius 1 is 1.21 bits per heavy atom. The van der Waals surface area contributed by atoms with E-state index in [0.717, 1.165) is 24.5 Å². The number of hydrogen-bond donors (Lipinski definition) is 4. The second-order valence-corrected chi connectivity index (χ2v) is 5.16. The molecular formula is C10H21N7OS. The molecule has 0 atom stereocenters. The van der Waals surface area contributed by atoms with Gasteiger partial charge in [0.05, 0.1) is 0 Å². The third kappa shape index (κ3) is 5.90. The number of aromatic nitrogens is 3. The molecule has 0 fully saturated rings. The van der Waals surface area contributed by atoms with Gasteiger partial charge >= 0.3 is 0 Å². The Bertz CT molecular complexity index is 377. The van der Waals surface area contributed by atoms with Crippen LogP contribution in [0.4, 0.5) is 17.8 Å². The van der Waals surface area contributed by atoms with Crippen LogP contribution in [-0.2, 0) is 0 Å². The van der Waals surface area contributed by atoms with Crippen molar-refractivity contribution in [3.63, 3.8) is 0 Å². The molecule has 5 N–H and O–H groups in total. The highest BCUT2D eigenvalue weighted by molar-refractivity contribution is 7.99. The predicted octanol–water partition coefficient (Wildman–Crippen LogP) is -0.249. The van der Waals surface area contributed by atoms with Gasteiger partial charge < -0.3 is 15.3 Å². The highest BCUT2D eigenvalue weighted by atomic mass is 32.2. The summed E-state index contributed by atoms with van der Waals surface area (Å²) in [6.07, 6.45) is 0.822. The van der Waals surface area contributed by atoms with E-state index >= 15 is 0 Å². The summed E-state index contributed by atoms with van der Waals surface area (Å²) in [5, 5.41) is 11.8. The van der Waals surface area contributed by atoms with Crippen LogP contribution in [-0.4, -0.2) is 58.8 Å². The summed E-state index contributed by atoms with van der Waals surface area (Å²) in [6.45, 7) is 0.989. The average molecular weight is 287 g/mol. The fraction of sp³-hybridized carbons (Fsp3) is 0.700. The van der Waals surface area contributed by atoms with Crippen LogP contribution in [0.2, 0.25) is 0 Å². The van der Waals surface area contributed by atoms with Crippen LogP contribution < -0.4 is 21.5 Å². The van der Waals surface area contributed by atoms with Crippen LogP contribution in [0.25, 0.3) is 0 Å². The normalized spacial score (nSPS) is 10.3. The average Bonchev–Trinajstić information content (AvgIpc) is 2.42. The van der Waals surface area contributed by atoms with Crippen LogP contribution in [0.15, 0.2) is 0 Å². The van der Waals surface area contributed by atoms with E-state index in [1.165, 1.54) is 0 Å². The first-order valence-corrected chi connectivity index (χ1v) is 7.15. The minimum absolute atomic E-state index is 0.242. The van der Waals surface area contributed by atoms with Crippen molar-refractivity contribution in [1.82, 2.24) is 15.0 Å². The third-order valence-corrected chi connectivity index (χ3v) is 3.20. The van der Waals surface area contributed by atoms with Gasteiger partial charge in [-0.2, -0.15) is 26.7 Å². The van der Waals surface area contributed by atoms with Crippen molar-refractivity contribution >= 4 is 29.6 Å². The summed E-state index contributed by atoms with van der Waals surface area (Å²) in [7, 11) is 3.70. The van der Waals surface area contributed by atoms with Gasteiger partial charge in [-0.05, 0) is 12.2 Å². The van der Waals surface area contributed by atoms with Crippen molar-refractivity contribution in [3.05, 3.63) is 0 Å². The van der Waals surface area contributed by atoms with Crippen LogP contribution in [0.1, 0.15) is 6.42 Å². The molecule has 0 amide bonds. The molecule has 0 bridgehead atoms. The van der Waals surface area contributed by atoms with E-state index in [2.05, 4.69) is 25.7 Å². The summed E-state index contributed by atoms with van der Waals surface area (Å²) in [4.78, 5) is 14.3. The molecule has 9 heteroatoms. The van der Waals surface area contributed by atoms with E-state index in [4.69, 9.17) is 10.9 Å². The Labute approximate surface area is 117 Å². The topological polar surface area (TPSA) is 112 Å². The molecular weight excluding hydrogens is 266 g/mol. The molecule has 0 aliphatic rings. The van der Waals surface area contributed by atoms with Crippen molar-refractivity contribution in [3.8, 4) is 0 Å². The van der Waals surface area contributed by atoms with Gasteiger partial charge in [0.25, 0.3) is 0 Å². The van der Waals surface area contributed by atoms with Crippen molar-refractivity contribution in [2.24, 2.45) is 5.84 Å². The summed E-state index contributed by atoms with van der Waals surface area (Å²) in [5.41, 5.74) is 2.42. The van der Waals surface area contributed by atoms with Crippen LogP contribution in [0.3, 0.4) is 0 Å². The fourth-order valence-corrected chi connectivity index (χ4v) is 2.00. The largest absolute Gasteiger partial charge is 0.396 e. The van der Waals surface area contributed by atoms with E-state index < -0.39 is 0 Å². The molecule has 1 heterocycles. The summed E-state index contributed by atoms with van der Waals surface area (Å²) in [5.74, 6) is 8.56. The lowest BCUT2D eigenvalue weighted by molar-refractivity contribution is 0.296. The number of thioether (sulfide) groups is 1. The summed E-state index contributed by atoms with van der Waals surface area (Å²) >= 11 is 1.77. The zero-order chi connectivity index (χ0) is 14.1. The van der Waals surface area contributed by atoms with Gasteiger partial charge in [0.1, 0.15) is 0 Å². The Hall–Kier alpha value is -1.32. The fourth-order valence-electron chi connectivity index (χ4n) is 1.21. The highest BCUT2D eigenvalue weighted by Crippen LogP contribution is 2.10. The molecule has 1 aromatic heterocycles. The second-order valence-electron chi connectivity index (χ2n) is 3.94. The number of hydrogen-bond acceptors (Lipinski definition) is 9. The monoisotopic (exact) mass is 287 g/mol.